The molecule has 0 radical (unpaired) electrons. The summed E-state index contributed by atoms with van der Waals surface area (Å²) in [6, 6.07) is 2.75. The maximum atomic E-state index is 11.4. The van der Waals surface area contributed by atoms with Gasteiger partial charge in [0.2, 0.25) is 0 Å². The third-order valence-corrected chi connectivity index (χ3v) is 2.58. The third-order valence-electron chi connectivity index (χ3n) is 1.56. The zero-order valence-corrected chi connectivity index (χ0v) is 11.8. The molecular formula is C11H11Cl3O3. The Morgan fingerprint density at radius 2 is 1.59 bits per heavy atom. The lowest BCUT2D eigenvalue weighted by Gasteiger charge is -2.19. The van der Waals surface area contributed by atoms with Crippen LogP contribution in [-0.4, -0.2) is 11.8 Å². The first-order valence-corrected chi connectivity index (χ1v) is 5.88. The highest BCUT2D eigenvalue weighted by Crippen LogP contribution is 2.34. The summed E-state index contributed by atoms with van der Waals surface area (Å²) in [5.74, 6) is 0.107. The second-order valence-electron chi connectivity index (χ2n) is 4.26. The molecule has 0 saturated carbocycles. The van der Waals surface area contributed by atoms with Gasteiger partial charge in [-0.15, -0.1) is 0 Å². The molecule has 1 aromatic rings. The van der Waals surface area contributed by atoms with Crippen LogP contribution in [0.3, 0.4) is 0 Å². The van der Waals surface area contributed by atoms with E-state index in [0.717, 1.165) is 0 Å². The van der Waals surface area contributed by atoms with Crippen molar-refractivity contribution in [3.8, 4) is 5.75 Å². The molecular weight excluding hydrogens is 286 g/mol. The summed E-state index contributed by atoms with van der Waals surface area (Å²) >= 11 is 17.4. The van der Waals surface area contributed by atoms with Crippen LogP contribution in [-0.2, 0) is 4.74 Å². The molecule has 0 aliphatic carbocycles. The van der Waals surface area contributed by atoms with Crippen molar-refractivity contribution in [3.05, 3.63) is 27.2 Å². The molecule has 1 rings (SSSR count). The second kappa shape index (κ2) is 5.34. The number of rotatable bonds is 1. The Labute approximate surface area is 115 Å². The maximum Gasteiger partial charge on any atom is 0.514 e. The molecule has 0 saturated heterocycles. The number of hydrogen-bond acceptors (Lipinski definition) is 3. The van der Waals surface area contributed by atoms with Gasteiger partial charge in [0.05, 0.1) is 15.1 Å². The van der Waals surface area contributed by atoms with Gasteiger partial charge in [0.25, 0.3) is 0 Å². The van der Waals surface area contributed by atoms with E-state index >= 15 is 0 Å². The minimum atomic E-state index is -0.849. The van der Waals surface area contributed by atoms with E-state index in [4.69, 9.17) is 44.3 Å². The molecule has 17 heavy (non-hydrogen) atoms. The molecule has 3 nitrogen and oxygen atoms in total. The van der Waals surface area contributed by atoms with E-state index in [1.54, 1.807) is 20.8 Å². The zero-order chi connectivity index (χ0) is 13.2. The molecule has 0 unspecified atom stereocenters. The van der Waals surface area contributed by atoms with Crippen molar-refractivity contribution in [1.82, 2.24) is 0 Å². The summed E-state index contributed by atoms with van der Waals surface area (Å²) in [7, 11) is 0. The van der Waals surface area contributed by atoms with Gasteiger partial charge < -0.3 is 9.47 Å². The van der Waals surface area contributed by atoms with Crippen molar-refractivity contribution in [2.24, 2.45) is 0 Å². The first-order valence-electron chi connectivity index (χ1n) is 4.74. The molecule has 6 heteroatoms. The number of ether oxygens (including phenoxy) is 2. The lowest BCUT2D eigenvalue weighted by atomic mass is 10.2. The van der Waals surface area contributed by atoms with Crippen molar-refractivity contribution < 1.29 is 14.3 Å². The van der Waals surface area contributed by atoms with E-state index < -0.39 is 11.8 Å². The molecule has 0 aliphatic heterocycles. The fraction of sp³-hybridized carbons (Fsp3) is 0.364. The number of benzene rings is 1. The first kappa shape index (κ1) is 14.4. The Kier molecular flexibility index (Phi) is 4.53. The van der Waals surface area contributed by atoms with Crippen LogP contribution in [0.2, 0.25) is 15.1 Å². The molecule has 0 aliphatic rings. The maximum absolute atomic E-state index is 11.4. The Morgan fingerprint density at radius 1 is 1.06 bits per heavy atom. The smallest absolute Gasteiger partial charge is 0.428 e. The van der Waals surface area contributed by atoms with E-state index in [0.29, 0.717) is 0 Å². The van der Waals surface area contributed by atoms with Crippen LogP contribution >= 0.6 is 34.8 Å². The van der Waals surface area contributed by atoms with E-state index in [2.05, 4.69) is 0 Å². The van der Waals surface area contributed by atoms with Gasteiger partial charge in [-0.1, -0.05) is 34.8 Å². The summed E-state index contributed by atoms with van der Waals surface area (Å²) in [5.41, 5.74) is -0.639. The van der Waals surface area contributed by atoms with Gasteiger partial charge >= 0.3 is 6.16 Å². The minimum Gasteiger partial charge on any atom is -0.428 e. The lowest BCUT2D eigenvalue weighted by Crippen LogP contribution is -2.26. The largest absolute Gasteiger partial charge is 0.514 e. The second-order valence-corrected chi connectivity index (χ2v) is 5.48. The van der Waals surface area contributed by atoms with E-state index in [-0.39, 0.29) is 20.8 Å². The van der Waals surface area contributed by atoms with Gasteiger partial charge in [-0.25, -0.2) is 4.79 Å². The van der Waals surface area contributed by atoms with Crippen LogP contribution in [0.5, 0.6) is 5.75 Å². The van der Waals surface area contributed by atoms with Gasteiger partial charge in [-0.3, -0.25) is 0 Å². The number of halogens is 3. The van der Waals surface area contributed by atoms with Gasteiger partial charge in [-0.05, 0) is 26.8 Å². The van der Waals surface area contributed by atoms with Crippen molar-refractivity contribution in [1.29, 1.82) is 0 Å². The number of carbonyl (C=O) groups excluding carboxylic acids is 1. The Hall–Kier alpha value is -0.640. The Morgan fingerprint density at radius 3 is 2.12 bits per heavy atom. The van der Waals surface area contributed by atoms with Gasteiger partial charge in [0, 0.05) is 6.07 Å². The Balaban J connectivity index is 2.82. The molecule has 94 valence electrons. The molecule has 1 aromatic carbocycles. The van der Waals surface area contributed by atoms with E-state index in [1.807, 2.05) is 0 Å². The summed E-state index contributed by atoms with van der Waals surface area (Å²) in [6.45, 7) is 5.18. The fourth-order valence-electron chi connectivity index (χ4n) is 0.943. The summed E-state index contributed by atoms with van der Waals surface area (Å²) in [5, 5.41) is 0.716. The standard InChI is InChI=1S/C11H11Cl3O3/c1-11(2,3)17-10(15)16-9-5-7(13)6(12)4-8(9)14/h4-5H,1-3H3. The molecule has 0 aromatic heterocycles. The van der Waals surface area contributed by atoms with Crippen molar-refractivity contribution in [2.45, 2.75) is 26.4 Å². The lowest BCUT2D eigenvalue weighted by molar-refractivity contribution is 0.0206. The van der Waals surface area contributed by atoms with Crippen LogP contribution in [0, 0.1) is 0 Å². The topological polar surface area (TPSA) is 35.5 Å². The SMILES string of the molecule is CC(C)(C)OC(=O)Oc1cc(Cl)c(Cl)cc1Cl. The fourth-order valence-corrected chi connectivity index (χ4v) is 1.52. The number of carbonyl (C=O) groups is 1. The molecule has 0 heterocycles. The number of hydrogen-bond donors (Lipinski definition) is 0. The highest BCUT2D eigenvalue weighted by atomic mass is 35.5. The predicted octanol–water partition coefficient (Wildman–Crippen LogP) is 4.96. The minimum absolute atomic E-state index is 0.107. The van der Waals surface area contributed by atoms with Gasteiger partial charge in [0.1, 0.15) is 5.60 Å². The van der Waals surface area contributed by atoms with Crippen molar-refractivity contribution in [2.75, 3.05) is 0 Å². The van der Waals surface area contributed by atoms with E-state index in [9.17, 15) is 4.79 Å². The highest BCUT2D eigenvalue weighted by Gasteiger charge is 2.19. The van der Waals surface area contributed by atoms with Gasteiger partial charge in [-0.2, -0.15) is 0 Å². The quantitative estimate of drug-likeness (QED) is 0.417. The first-order chi connectivity index (χ1) is 7.69. The molecule has 0 spiro atoms. The van der Waals surface area contributed by atoms with Crippen LogP contribution in [0.1, 0.15) is 20.8 Å². The Bertz CT molecular complexity index is 438. The average molecular weight is 298 g/mol. The highest BCUT2D eigenvalue weighted by molar-refractivity contribution is 6.43. The predicted molar refractivity (Wildman–Crippen MR) is 68.3 cm³/mol. The van der Waals surface area contributed by atoms with Crippen LogP contribution in [0.4, 0.5) is 4.79 Å². The summed E-state index contributed by atoms with van der Waals surface area (Å²) in [6.07, 6.45) is -0.849. The van der Waals surface area contributed by atoms with E-state index in [1.165, 1.54) is 12.1 Å². The zero-order valence-electron chi connectivity index (χ0n) is 9.51. The average Bonchev–Trinajstić information content (AvgIpc) is 2.11. The molecule has 0 N–H and O–H groups in total. The molecule has 0 bridgehead atoms. The van der Waals surface area contributed by atoms with Gasteiger partial charge in [0.15, 0.2) is 5.75 Å². The monoisotopic (exact) mass is 296 g/mol. The summed E-state index contributed by atoms with van der Waals surface area (Å²) in [4.78, 5) is 11.4. The van der Waals surface area contributed by atoms with Crippen molar-refractivity contribution in [3.63, 3.8) is 0 Å². The molecule has 0 atom stereocenters. The molecule has 0 amide bonds. The van der Waals surface area contributed by atoms with Crippen LogP contribution in [0.15, 0.2) is 12.1 Å². The molecule has 0 fully saturated rings. The normalized spacial score (nSPS) is 11.2. The van der Waals surface area contributed by atoms with Crippen LogP contribution in [0.25, 0.3) is 0 Å². The van der Waals surface area contributed by atoms with Crippen molar-refractivity contribution >= 4 is 41.0 Å². The third kappa shape index (κ3) is 4.62. The van der Waals surface area contributed by atoms with Crippen LogP contribution < -0.4 is 4.74 Å². The summed E-state index contributed by atoms with van der Waals surface area (Å²) < 4.78 is 9.89.